The number of rotatable bonds is 0. The third kappa shape index (κ3) is 0.774. The molecular weight excluding hydrogens is 147 g/mol. The molecule has 2 aromatic rings. The van der Waals surface area contributed by atoms with E-state index < -0.39 is 5.82 Å². The first-order chi connectivity index (χ1) is 5.29. The van der Waals surface area contributed by atoms with Crippen molar-refractivity contribution in [2.45, 2.75) is 0 Å². The van der Waals surface area contributed by atoms with Crippen LogP contribution in [0, 0.1) is 5.82 Å². The van der Waals surface area contributed by atoms with Crippen molar-refractivity contribution >= 4 is 11.0 Å². The second-order valence-corrected chi connectivity index (χ2v) is 2.23. The van der Waals surface area contributed by atoms with Gasteiger partial charge < -0.3 is 9.52 Å². The van der Waals surface area contributed by atoms with Crippen LogP contribution >= 0.6 is 0 Å². The van der Waals surface area contributed by atoms with Gasteiger partial charge in [-0.05, 0) is 18.2 Å². The van der Waals surface area contributed by atoms with Crippen molar-refractivity contribution in [3.05, 3.63) is 30.3 Å². The zero-order valence-electron chi connectivity index (χ0n) is 5.54. The molecule has 0 bridgehead atoms. The molecule has 11 heavy (non-hydrogen) atoms. The predicted octanol–water partition coefficient (Wildman–Crippen LogP) is 2.28. The average Bonchev–Trinajstić information content (AvgIpc) is 2.45. The van der Waals surface area contributed by atoms with Crippen LogP contribution in [0.4, 0.5) is 4.39 Å². The van der Waals surface area contributed by atoms with Crippen LogP contribution in [0.3, 0.4) is 0 Å². The summed E-state index contributed by atoms with van der Waals surface area (Å²) in [6, 6.07) is 3.99. The molecule has 0 fully saturated rings. The Morgan fingerprint density at radius 1 is 1.27 bits per heavy atom. The van der Waals surface area contributed by atoms with Gasteiger partial charge in [-0.2, -0.15) is 0 Å². The van der Waals surface area contributed by atoms with Crippen LogP contribution < -0.4 is 0 Å². The van der Waals surface area contributed by atoms with Crippen LogP contribution in [0.5, 0.6) is 5.75 Å². The Morgan fingerprint density at radius 2 is 2.09 bits per heavy atom. The van der Waals surface area contributed by atoms with E-state index >= 15 is 0 Å². The third-order valence-corrected chi connectivity index (χ3v) is 1.55. The fourth-order valence-corrected chi connectivity index (χ4v) is 1.01. The highest BCUT2D eigenvalue weighted by Gasteiger charge is 2.06. The third-order valence-electron chi connectivity index (χ3n) is 1.55. The first-order valence-electron chi connectivity index (χ1n) is 3.14. The highest BCUT2D eigenvalue weighted by atomic mass is 19.1. The molecule has 1 heterocycles. The number of hydrogen-bond acceptors (Lipinski definition) is 2. The number of fused-ring (bicyclic) bond motifs is 1. The molecule has 0 saturated heterocycles. The maximum atomic E-state index is 12.8. The molecule has 0 aliphatic carbocycles. The first kappa shape index (κ1) is 6.22. The Balaban J connectivity index is 2.96. The molecule has 0 saturated carbocycles. The van der Waals surface area contributed by atoms with Crippen LogP contribution in [0.25, 0.3) is 11.0 Å². The van der Waals surface area contributed by atoms with Gasteiger partial charge in [0.15, 0.2) is 11.4 Å². The molecule has 0 spiro atoms. The smallest absolute Gasteiger partial charge is 0.173 e. The van der Waals surface area contributed by atoms with Gasteiger partial charge in [0.1, 0.15) is 5.75 Å². The molecule has 1 aromatic carbocycles. The molecular formula is C8H5FO2. The molecule has 3 heteroatoms. The van der Waals surface area contributed by atoms with Crippen molar-refractivity contribution in [1.29, 1.82) is 0 Å². The zero-order chi connectivity index (χ0) is 7.84. The van der Waals surface area contributed by atoms with E-state index in [4.69, 9.17) is 9.52 Å². The molecule has 0 unspecified atom stereocenters. The van der Waals surface area contributed by atoms with E-state index in [9.17, 15) is 4.39 Å². The number of phenols is 1. The van der Waals surface area contributed by atoms with E-state index in [1.54, 1.807) is 0 Å². The first-order valence-corrected chi connectivity index (χ1v) is 3.14. The lowest BCUT2D eigenvalue weighted by Gasteiger charge is -1.92. The molecule has 0 aliphatic heterocycles. The SMILES string of the molecule is Oc1ccc(F)c2occc12. The zero-order valence-corrected chi connectivity index (χ0v) is 5.54. The number of hydrogen-bond donors (Lipinski definition) is 1. The number of furan rings is 1. The van der Waals surface area contributed by atoms with Gasteiger partial charge in [-0.15, -0.1) is 0 Å². The van der Waals surface area contributed by atoms with E-state index in [2.05, 4.69) is 0 Å². The fraction of sp³-hybridized carbons (Fsp3) is 0. The highest BCUT2D eigenvalue weighted by Crippen LogP contribution is 2.27. The van der Waals surface area contributed by atoms with Gasteiger partial charge in [-0.3, -0.25) is 0 Å². The molecule has 0 radical (unpaired) electrons. The highest BCUT2D eigenvalue weighted by molar-refractivity contribution is 5.83. The van der Waals surface area contributed by atoms with Crippen molar-refractivity contribution in [3.8, 4) is 5.75 Å². The standard InChI is InChI=1S/C8H5FO2/c9-6-1-2-7(10)5-3-4-11-8(5)6/h1-4,10H. The summed E-state index contributed by atoms with van der Waals surface area (Å²) in [6.07, 6.45) is 1.34. The monoisotopic (exact) mass is 152 g/mol. The summed E-state index contributed by atoms with van der Waals surface area (Å²) in [5, 5.41) is 9.57. The molecule has 0 aliphatic rings. The summed E-state index contributed by atoms with van der Waals surface area (Å²) >= 11 is 0. The van der Waals surface area contributed by atoms with Gasteiger partial charge in [-0.25, -0.2) is 4.39 Å². The molecule has 56 valence electrons. The van der Waals surface area contributed by atoms with Crippen molar-refractivity contribution in [2.75, 3.05) is 0 Å². The van der Waals surface area contributed by atoms with Crippen LogP contribution in [-0.2, 0) is 0 Å². The van der Waals surface area contributed by atoms with E-state index in [0.29, 0.717) is 5.39 Å². The molecule has 0 amide bonds. The Labute approximate surface area is 61.9 Å². The second kappa shape index (κ2) is 1.99. The van der Waals surface area contributed by atoms with Crippen molar-refractivity contribution in [1.82, 2.24) is 0 Å². The number of benzene rings is 1. The van der Waals surface area contributed by atoms with Crippen molar-refractivity contribution < 1.29 is 13.9 Å². The quantitative estimate of drug-likeness (QED) is 0.628. The van der Waals surface area contributed by atoms with Crippen LogP contribution in [0.1, 0.15) is 0 Å². The van der Waals surface area contributed by atoms with Crippen molar-refractivity contribution in [3.63, 3.8) is 0 Å². The maximum absolute atomic E-state index is 12.8. The Morgan fingerprint density at radius 3 is 2.82 bits per heavy atom. The van der Waals surface area contributed by atoms with Crippen molar-refractivity contribution in [2.24, 2.45) is 0 Å². The van der Waals surface area contributed by atoms with Gasteiger partial charge in [0.05, 0.1) is 11.6 Å². The predicted molar refractivity (Wildman–Crippen MR) is 37.8 cm³/mol. The van der Waals surface area contributed by atoms with Crippen LogP contribution in [0.2, 0.25) is 0 Å². The fourth-order valence-electron chi connectivity index (χ4n) is 1.01. The van der Waals surface area contributed by atoms with Crippen LogP contribution in [0.15, 0.2) is 28.9 Å². The van der Waals surface area contributed by atoms with E-state index in [-0.39, 0.29) is 11.3 Å². The molecule has 1 N–H and O–H groups in total. The minimum Gasteiger partial charge on any atom is -0.507 e. The summed E-state index contributed by atoms with van der Waals surface area (Å²) < 4.78 is 17.6. The summed E-state index contributed by atoms with van der Waals surface area (Å²) in [5.41, 5.74) is 0.102. The summed E-state index contributed by atoms with van der Waals surface area (Å²) in [4.78, 5) is 0. The Hall–Kier alpha value is -1.51. The average molecular weight is 152 g/mol. The summed E-state index contributed by atoms with van der Waals surface area (Å²) in [7, 11) is 0. The van der Waals surface area contributed by atoms with E-state index in [0.717, 1.165) is 0 Å². The molecule has 0 atom stereocenters. The Kier molecular flexibility index (Phi) is 1.12. The normalized spacial score (nSPS) is 10.6. The maximum Gasteiger partial charge on any atom is 0.173 e. The minimum atomic E-state index is -0.456. The lowest BCUT2D eigenvalue weighted by molar-refractivity contribution is 0.478. The number of aromatic hydroxyl groups is 1. The summed E-state index contributed by atoms with van der Waals surface area (Å²) in [6.45, 7) is 0. The Bertz CT molecular complexity index is 356. The lowest BCUT2D eigenvalue weighted by atomic mass is 10.2. The molecule has 1 aromatic heterocycles. The number of halogens is 1. The molecule has 2 rings (SSSR count). The number of phenolic OH excluding ortho intramolecular Hbond substituents is 1. The van der Waals surface area contributed by atoms with Crippen LogP contribution in [-0.4, -0.2) is 5.11 Å². The van der Waals surface area contributed by atoms with E-state index in [1.807, 2.05) is 0 Å². The topological polar surface area (TPSA) is 33.4 Å². The largest absolute Gasteiger partial charge is 0.507 e. The minimum absolute atomic E-state index is 0.0372. The van der Waals surface area contributed by atoms with E-state index in [1.165, 1.54) is 24.5 Å². The summed E-state index contributed by atoms with van der Waals surface area (Å²) in [5.74, 6) is -0.419. The van der Waals surface area contributed by atoms with Gasteiger partial charge >= 0.3 is 0 Å². The van der Waals surface area contributed by atoms with Gasteiger partial charge in [0.25, 0.3) is 0 Å². The molecule has 2 nitrogen and oxygen atoms in total. The van der Waals surface area contributed by atoms with Gasteiger partial charge in [-0.1, -0.05) is 0 Å². The second-order valence-electron chi connectivity index (χ2n) is 2.23. The van der Waals surface area contributed by atoms with Gasteiger partial charge in [0, 0.05) is 0 Å². The lowest BCUT2D eigenvalue weighted by Crippen LogP contribution is -1.73. The van der Waals surface area contributed by atoms with Gasteiger partial charge in [0.2, 0.25) is 0 Å².